The van der Waals surface area contributed by atoms with Crippen LogP contribution in [0, 0.1) is 0 Å². The minimum atomic E-state index is 0.445. The van der Waals surface area contributed by atoms with Crippen LogP contribution in [0.15, 0.2) is 42.6 Å². The second kappa shape index (κ2) is 7.12. The van der Waals surface area contributed by atoms with Crippen LogP contribution in [0.25, 0.3) is 10.2 Å². The largest absolute Gasteiger partial charge is 0.317 e. The normalized spacial score (nSPS) is 15.5. The maximum atomic E-state index is 5.41. The molecule has 0 radical (unpaired) electrons. The summed E-state index contributed by atoms with van der Waals surface area (Å²) in [5, 5.41) is 4.02. The third-order valence-electron chi connectivity index (χ3n) is 4.12. The van der Waals surface area contributed by atoms with Crippen LogP contribution in [0.1, 0.15) is 24.3 Å². The van der Waals surface area contributed by atoms with Gasteiger partial charge >= 0.3 is 0 Å². The Bertz CT molecular complexity index is 784. The number of hydrogen-bond acceptors (Lipinski definition) is 7. The topological polar surface area (TPSA) is 68.3 Å². The van der Waals surface area contributed by atoms with E-state index in [1.54, 1.807) is 6.20 Å². The Labute approximate surface area is 143 Å². The minimum absolute atomic E-state index is 0.445. The van der Waals surface area contributed by atoms with Crippen LogP contribution >= 0.6 is 11.3 Å². The van der Waals surface area contributed by atoms with Crippen molar-refractivity contribution in [2.45, 2.75) is 18.8 Å². The average molecular weight is 342 g/mol. The first-order valence-corrected chi connectivity index (χ1v) is 8.82. The highest BCUT2D eigenvalue weighted by atomic mass is 32.1. The minimum Gasteiger partial charge on any atom is -0.317 e. The summed E-state index contributed by atoms with van der Waals surface area (Å²) in [7, 11) is 0. The molecule has 2 N–H and O–H groups in total. The van der Waals surface area contributed by atoms with Crippen molar-refractivity contribution in [2.24, 2.45) is 0 Å². The van der Waals surface area contributed by atoms with E-state index in [-0.39, 0.29) is 0 Å². The van der Waals surface area contributed by atoms with Crippen LogP contribution in [0.2, 0.25) is 0 Å². The lowest BCUT2D eigenvalue weighted by molar-refractivity contribution is -0.183. The third-order valence-corrected chi connectivity index (χ3v) is 5.06. The fraction of sp³-hybridized carbons (Fsp3) is 0.294. The van der Waals surface area contributed by atoms with Crippen molar-refractivity contribution >= 4 is 26.7 Å². The molecule has 0 unspecified atom stereocenters. The fourth-order valence-corrected chi connectivity index (χ4v) is 3.72. The van der Waals surface area contributed by atoms with Gasteiger partial charge in [0.05, 0.1) is 10.2 Å². The summed E-state index contributed by atoms with van der Waals surface area (Å²) in [6, 6.07) is 11.9. The molecule has 0 atom stereocenters. The number of piperidine rings is 1. The Morgan fingerprint density at radius 1 is 1.12 bits per heavy atom. The van der Waals surface area contributed by atoms with Gasteiger partial charge < -0.3 is 5.32 Å². The Morgan fingerprint density at radius 3 is 2.88 bits per heavy atom. The lowest BCUT2D eigenvalue weighted by Crippen LogP contribution is -2.27. The third kappa shape index (κ3) is 3.33. The van der Waals surface area contributed by atoms with Gasteiger partial charge in [0.15, 0.2) is 0 Å². The summed E-state index contributed by atoms with van der Waals surface area (Å²) in [4.78, 5) is 19.3. The first kappa shape index (κ1) is 15.3. The summed E-state index contributed by atoms with van der Waals surface area (Å²) in [5.74, 6) is 0.957. The van der Waals surface area contributed by atoms with E-state index in [2.05, 4.69) is 26.8 Å². The van der Waals surface area contributed by atoms with Crippen molar-refractivity contribution < 1.29 is 9.88 Å². The van der Waals surface area contributed by atoms with E-state index in [4.69, 9.17) is 9.88 Å². The number of pyridine rings is 1. The molecule has 124 valence electrons. The molecule has 3 aromatic rings. The number of benzene rings is 1. The summed E-state index contributed by atoms with van der Waals surface area (Å²) < 4.78 is 1.09. The van der Waals surface area contributed by atoms with Crippen molar-refractivity contribution in [3.05, 3.63) is 48.2 Å². The summed E-state index contributed by atoms with van der Waals surface area (Å²) in [6.07, 6.45) is 3.86. The molecule has 1 aromatic carbocycles. The molecule has 1 aliphatic heterocycles. The zero-order chi connectivity index (χ0) is 16.2. The Morgan fingerprint density at radius 2 is 2.00 bits per heavy atom. The lowest BCUT2D eigenvalue weighted by Gasteiger charge is -2.23. The van der Waals surface area contributed by atoms with E-state index in [1.165, 1.54) is 11.3 Å². The zero-order valence-electron chi connectivity index (χ0n) is 13.1. The van der Waals surface area contributed by atoms with Gasteiger partial charge in [0.1, 0.15) is 0 Å². The number of rotatable bonds is 5. The number of fused-ring (bicyclic) bond motifs is 1. The van der Waals surface area contributed by atoms with Gasteiger partial charge in [-0.3, -0.25) is 4.89 Å². The molecule has 0 bridgehead atoms. The highest BCUT2D eigenvalue weighted by Crippen LogP contribution is 2.31. The van der Waals surface area contributed by atoms with Crippen LogP contribution in [0.5, 0.6) is 5.88 Å². The smallest absolute Gasteiger partial charge is 0.262 e. The van der Waals surface area contributed by atoms with Gasteiger partial charge in [-0.2, -0.15) is 5.48 Å². The van der Waals surface area contributed by atoms with Gasteiger partial charge in [-0.15, -0.1) is 0 Å². The maximum absolute atomic E-state index is 5.41. The van der Waals surface area contributed by atoms with Crippen LogP contribution in [0.4, 0.5) is 5.13 Å². The molecular weight excluding hydrogens is 324 g/mol. The summed E-state index contributed by atoms with van der Waals surface area (Å²) >= 11 is 1.51. The molecule has 0 spiro atoms. The molecule has 0 aliphatic carbocycles. The van der Waals surface area contributed by atoms with Gasteiger partial charge in [0.2, 0.25) is 5.13 Å². The number of nitrogens with one attached hydrogen (secondary N) is 2. The molecule has 0 saturated carbocycles. The lowest BCUT2D eigenvalue weighted by atomic mass is 9.91. The van der Waals surface area contributed by atoms with Gasteiger partial charge in [-0.05, 0) is 50.0 Å². The van der Waals surface area contributed by atoms with E-state index >= 15 is 0 Å². The van der Waals surface area contributed by atoms with E-state index in [0.29, 0.717) is 16.9 Å². The van der Waals surface area contributed by atoms with Crippen molar-refractivity contribution in [2.75, 3.05) is 18.6 Å². The number of hydrogen-bond donors (Lipinski definition) is 2. The van der Waals surface area contributed by atoms with Crippen LogP contribution < -0.4 is 15.7 Å². The van der Waals surface area contributed by atoms with Crippen molar-refractivity contribution in [1.29, 1.82) is 0 Å². The molecule has 6 nitrogen and oxygen atoms in total. The van der Waals surface area contributed by atoms with Gasteiger partial charge in [0, 0.05) is 11.8 Å². The molecular formula is C17H18N4O2S. The molecule has 7 heteroatoms. The van der Waals surface area contributed by atoms with Gasteiger partial charge in [-0.1, -0.05) is 34.5 Å². The van der Waals surface area contributed by atoms with Crippen LogP contribution in [-0.4, -0.2) is 23.1 Å². The second-order valence-corrected chi connectivity index (χ2v) is 6.71. The number of aromatic nitrogens is 2. The highest BCUT2D eigenvalue weighted by Gasteiger charge is 2.20. The molecule has 1 aliphatic rings. The van der Waals surface area contributed by atoms with Gasteiger partial charge in [-0.25, -0.2) is 9.97 Å². The molecule has 2 aromatic heterocycles. The molecule has 1 fully saturated rings. The average Bonchev–Trinajstić information content (AvgIpc) is 3.06. The summed E-state index contributed by atoms with van der Waals surface area (Å²) in [6.45, 7) is 2.04. The molecule has 0 amide bonds. The Hall–Kier alpha value is -2.22. The van der Waals surface area contributed by atoms with Crippen molar-refractivity contribution in [3.63, 3.8) is 0 Å². The maximum Gasteiger partial charge on any atom is 0.262 e. The quantitative estimate of drug-likeness (QED) is 0.546. The number of para-hydroxylation sites is 1. The first-order chi connectivity index (χ1) is 11.9. The number of anilines is 1. The molecule has 1 saturated heterocycles. The Balaban J connectivity index is 1.42. The van der Waals surface area contributed by atoms with E-state index in [0.717, 1.165) is 41.7 Å². The SMILES string of the molecule is c1cnc(OONc2nc3ccccc3s2)c(C2CCNCC2)c1. The van der Waals surface area contributed by atoms with E-state index in [9.17, 15) is 0 Å². The predicted octanol–water partition coefficient (Wildman–Crippen LogP) is 3.50. The molecule has 24 heavy (non-hydrogen) atoms. The fourth-order valence-electron chi connectivity index (χ4n) is 2.93. The van der Waals surface area contributed by atoms with Gasteiger partial charge in [0.25, 0.3) is 5.88 Å². The van der Waals surface area contributed by atoms with Crippen LogP contribution in [0.3, 0.4) is 0 Å². The zero-order valence-corrected chi connectivity index (χ0v) is 13.9. The standard InChI is InChI=1S/C17H18N4O2S/c1-2-6-15-14(5-1)20-17(24-15)21-23-22-16-13(4-3-9-19-16)12-7-10-18-11-8-12/h1-6,9,12,18H,7-8,10-11H2,(H,20,21). The number of nitrogens with zero attached hydrogens (tertiary/aromatic N) is 2. The first-order valence-electron chi connectivity index (χ1n) is 8.01. The molecule has 3 heterocycles. The summed E-state index contributed by atoms with van der Waals surface area (Å²) in [5.41, 5.74) is 4.77. The monoisotopic (exact) mass is 342 g/mol. The molecule has 4 rings (SSSR count). The van der Waals surface area contributed by atoms with Crippen molar-refractivity contribution in [3.8, 4) is 5.88 Å². The van der Waals surface area contributed by atoms with E-state index in [1.807, 2.05) is 30.3 Å². The predicted molar refractivity (Wildman–Crippen MR) is 94.0 cm³/mol. The Kier molecular flexibility index (Phi) is 4.55. The number of thiazole rings is 1. The van der Waals surface area contributed by atoms with Crippen LogP contribution in [-0.2, 0) is 4.99 Å². The van der Waals surface area contributed by atoms with E-state index < -0.39 is 0 Å². The highest BCUT2D eigenvalue weighted by molar-refractivity contribution is 7.22. The second-order valence-electron chi connectivity index (χ2n) is 5.68. The van der Waals surface area contributed by atoms with Crippen molar-refractivity contribution in [1.82, 2.24) is 15.3 Å².